The minimum absolute atomic E-state index is 0.0699. The quantitative estimate of drug-likeness (QED) is 0.644. The Morgan fingerprint density at radius 1 is 1.25 bits per heavy atom. The second-order valence-electron chi connectivity index (χ2n) is 9.13. The van der Waals surface area contributed by atoms with Gasteiger partial charge < -0.3 is 14.4 Å². The molecule has 32 heavy (non-hydrogen) atoms. The van der Waals surface area contributed by atoms with Crippen LogP contribution in [0.5, 0.6) is 11.5 Å². The molecule has 2 aromatic rings. The molecular formula is C22H27N5O4S. The van der Waals surface area contributed by atoms with Gasteiger partial charge in [0.05, 0.1) is 31.0 Å². The molecule has 2 saturated carbocycles. The fourth-order valence-electron chi connectivity index (χ4n) is 5.18. The number of methoxy groups -OCH3 is 2. The molecule has 0 amide bonds. The number of hydrogen-bond donors (Lipinski definition) is 1. The molecule has 10 heteroatoms. The molecule has 1 aromatic heterocycles. The fourth-order valence-corrected chi connectivity index (χ4v) is 6.60. The first-order chi connectivity index (χ1) is 15.3. The van der Waals surface area contributed by atoms with Crippen LogP contribution in [0.4, 0.5) is 5.69 Å². The van der Waals surface area contributed by atoms with Gasteiger partial charge in [-0.15, -0.1) is 0 Å². The number of fused-ring (bicyclic) bond motifs is 1. The third kappa shape index (κ3) is 3.54. The van der Waals surface area contributed by atoms with E-state index < -0.39 is 10.2 Å². The van der Waals surface area contributed by atoms with Crippen molar-refractivity contribution in [1.82, 2.24) is 9.29 Å². The van der Waals surface area contributed by atoms with E-state index in [1.165, 1.54) is 0 Å². The maximum absolute atomic E-state index is 12.2. The van der Waals surface area contributed by atoms with Crippen LogP contribution >= 0.6 is 0 Å². The molecule has 0 atom stereocenters. The molecule has 2 N–H and O–H groups in total. The summed E-state index contributed by atoms with van der Waals surface area (Å²) in [6, 6.07) is 6.01. The Labute approximate surface area is 187 Å². The van der Waals surface area contributed by atoms with Gasteiger partial charge in [0.2, 0.25) is 0 Å². The summed E-state index contributed by atoms with van der Waals surface area (Å²) < 4.78 is 36.9. The highest BCUT2D eigenvalue weighted by Crippen LogP contribution is 2.53. The largest absolute Gasteiger partial charge is 0.493 e. The van der Waals surface area contributed by atoms with Gasteiger partial charge in [-0.2, -0.15) is 18.0 Å². The van der Waals surface area contributed by atoms with E-state index in [1.807, 2.05) is 12.1 Å². The second kappa shape index (κ2) is 7.47. The van der Waals surface area contributed by atoms with Gasteiger partial charge in [0.15, 0.2) is 11.5 Å². The Morgan fingerprint density at radius 3 is 2.44 bits per heavy atom. The summed E-state index contributed by atoms with van der Waals surface area (Å²) in [5.41, 5.74) is 1.76. The molecule has 1 aromatic carbocycles. The van der Waals surface area contributed by atoms with Gasteiger partial charge in [0.1, 0.15) is 6.07 Å². The number of anilines is 1. The van der Waals surface area contributed by atoms with Gasteiger partial charge in [-0.05, 0) is 44.1 Å². The van der Waals surface area contributed by atoms with E-state index in [1.54, 1.807) is 24.7 Å². The Bertz CT molecular complexity index is 1210. The van der Waals surface area contributed by atoms with Crippen LogP contribution in [0.1, 0.15) is 37.7 Å². The van der Waals surface area contributed by atoms with Crippen LogP contribution in [0.3, 0.4) is 0 Å². The molecular weight excluding hydrogens is 430 g/mol. The molecule has 0 bridgehead atoms. The normalized spacial score (nSPS) is 20.2. The molecule has 5 rings (SSSR count). The van der Waals surface area contributed by atoms with Crippen LogP contribution in [0.25, 0.3) is 10.9 Å². The van der Waals surface area contributed by atoms with Crippen LogP contribution in [0, 0.1) is 17.2 Å². The van der Waals surface area contributed by atoms with E-state index in [2.05, 4.69) is 16.0 Å². The minimum atomic E-state index is -3.70. The molecule has 9 nitrogen and oxygen atoms in total. The van der Waals surface area contributed by atoms with Crippen LogP contribution in [-0.2, 0) is 10.2 Å². The topological polar surface area (TPSA) is 122 Å². The third-order valence-electron chi connectivity index (χ3n) is 6.85. The van der Waals surface area contributed by atoms with E-state index in [-0.39, 0.29) is 11.6 Å². The predicted molar refractivity (Wildman–Crippen MR) is 120 cm³/mol. The summed E-state index contributed by atoms with van der Waals surface area (Å²) in [7, 11) is -0.545. The van der Waals surface area contributed by atoms with E-state index >= 15 is 0 Å². The van der Waals surface area contributed by atoms with E-state index in [4.69, 9.17) is 14.6 Å². The first kappa shape index (κ1) is 21.2. The average Bonchev–Trinajstić information content (AvgIpc) is 3.66. The lowest BCUT2D eigenvalue weighted by molar-refractivity contribution is 0.222. The lowest BCUT2D eigenvalue weighted by Gasteiger charge is -2.44. The summed E-state index contributed by atoms with van der Waals surface area (Å²) in [4.78, 5) is 6.60. The third-order valence-corrected chi connectivity index (χ3v) is 8.09. The molecule has 0 unspecified atom stereocenters. The van der Waals surface area contributed by atoms with Gasteiger partial charge >= 0.3 is 0 Å². The number of nitriles is 1. The zero-order valence-electron chi connectivity index (χ0n) is 18.2. The first-order valence-electron chi connectivity index (χ1n) is 10.8. The SMILES string of the molecule is COc1cc2ncc(C#N)c(N3CC(CC4(N(C5CC5)S(N)(=O)=O)CC4)C3)c2cc1OC. The van der Waals surface area contributed by atoms with Crippen molar-refractivity contribution in [3.8, 4) is 17.6 Å². The van der Waals surface area contributed by atoms with Crippen LogP contribution < -0.4 is 19.5 Å². The summed E-state index contributed by atoms with van der Waals surface area (Å²) in [6.45, 7) is 1.51. The smallest absolute Gasteiger partial charge is 0.277 e. The van der Waals surface area contributed by atoms with Crippen molar-refractivity contribution in [2.24, 2.45) is 11.1 Å². The maximum Gasteiger partial charge on any atom is 0.277 e. The van der Waals surface area contributed by atoms with Gasteiger partial charge in [-0.1, -0.05) is 0 Å². The highest BCUT2D eigenvalue weighted by atomic mass is 32.2. The Morgan fingerprint density at radius 2 is 1.91 bits per heavy atom. The van der Waals surface area contributed by atoms with Crippen molar-refractivity contribution in [1.29, 1.82) is 5.26 Å². The van der Waals surface area contributed by atoms with Gasteiger partial charge in [-0.3, -0.25) is 4.98 Å². The highest BCUT2D eigenvalue weighted by molar-refractivity contribution is 7.86. The number of ether oxygens (including phenoxy) is 2. The average molecular weight is 458 g/mol. The predicted octanol–water partition coefficient (Wildman–Crippen LogP) is 2.15. The van der Waals surface area contributed by atoms with Crippen molar-refractivity contribution in [3.63, 3.8) is 0 Å². The second-order valence-corrected chi connectivity index (χ2v) is 10.6. The zero-order chi connectivity index (χ0) is 22.7. The Hall–Kier alpha value is -2.61. The number of nitrogens with zero attached hydrogens (tertiary/aromatic N) is 4. The Balaban J connectivity index is 1.40. The standard InChI is InChI=1S/C22H27N5O4S/c1-30-19-7-17-18(8-20(19)31-2)25-11-15(10-23)21(17)26-12-14(13-26)9-22(5-6-22)27(16-3-4-16)32(24,28)29/h7-8,11,14,16H,3-6,9,12-13H2,1-2H3,(H2,24,28,29). The molecule has 3 aliphatic rings. The number of aromatic nitrogens is 1. The van der Waals surface area contributed by atoms with Crippen LogP contribution in [0.2, 0.25) is 0 Å². The fraction of sp³-hybridized carbons (Fsp3) is 0.545. The number of pyridine rings is 1. The number of rotatable bonds is 8. The Kier molecular flexibility index (Phi) is 4.96. The lowest BCUT2D eigenvalue weighted by atomic mass is 9.89. The van der Waals surface area contributed by atoms with Gasteiger partial charge in [0, 0.05) is 42.3 Å². The zero-order valence-corrected chi connectivity index (χ0v) is 19.1. The molecule has 1 saturated heterocycles. The number of nitrogens with two attached hydrogens (primary N) is 1. The van der Waals surface area contributed by atoms with Crippen molar-refractivity contribution in [3.05, 3.63) is 23.9 Å². The van der Waals surface area contributed by atoms with Crippen LogP contribution in [-0.4, -0.2) is 56.6 Å². The first-order valence-corrected chi connectivity index (χ1v) is 12.3. The summed E-state index contributed by atoms with van der Waals surface area (Å²) in [5.74, 6) is 1.51. The molecule has 2 heterocycles. The summed E-state index contributed by atoms with van der Waals surface area (Å²) >= 11 is 0. The maximum atomic E-state index is 12.2. The number of hydrogen-bond acceptors (Lipinski definition) is 7. The van der Waals surface area contributed by atoms with E-state index in [0.29, 0.717) is 23.0 Å². The molecule has 0 spiro atoms. The van der Waals surface area contributed by atoms with Crippen molar-refractivity contribution >= 4 is 26.8 Å². The molecule has 2 aliphatic carbocycles. The van der Waals surface area contributed by atoms with Gasteiger partial charge in [-0.25, -0.2) is 5.14 Å². The molecule has 1 aliphatic heterocycles. The molecule has 0 radical (unpaired) electrons. The van der Waals surface area contributed by atoms with E-state index in [9.17, 15) is 13.7 Å². The van der Waals surface area contributed by atoms with Crippen LogP contribution in [0.15, 0.2) is 18.3 Å². The lowest BCUT2D eigenvalue weighted by Crippen LogP contribution is -2.53. The summed E-state index contributed by atoms with van der Waals surface area (Å²) in [6.07, 6.45) is 5.93. The summed E-state index contributed by atoms with van der Waals surface area (Å²) in [5, 5.41) is 16.1. The van der Waals surface area contributed by atoms with E-state index in [0.717, 1.165) is 61.8 Å². The highest BCUT2D eigenvalue weighted by Gasteiger charge is 2.58. The minimum Gasteiger partial charge on any atom is -0.493 e. The van der Waals surface area contributed by atoms with Crippen molar-refractivity contribution < 1.29 is 17.9 Å². The van der Waals surface area contributed by atoms with Gasteiger partial charge in [0.25, 0.3) is 10.2 Å². The monoisotopic (exact) mass is 457 g/mol. The number of benzene rings is 1. The van der Waals surface area contributed by atoms with Crippen molar-refractivity contribution in [2.75, 3.05) is 32.2 Å². The molecule has 170 valence electrons. The molecule has 3 fully saturated rings. The van der Waals surface area contributed by atoms with Crippen molar-refractivity contribution in [2.45, 2.75) is 43.7 Å².